The van der Waals surface area contributed by atoms with Gasteiger partial charge in [0.2, 0.25) is 5.90 Å². The number of carbonyl (C=O) groups excluding carboxylic acids is 2. The Labute approximate surface area is 192 Å². The van der Waals surface area contributed by atoms with E-state index in [-0.39, 0.29) is 18.0 Å². The molecule has 0 fully saturated rings. The number of hydrogen-bond donors (Lipinski definition) is 0. The number of ether oxygens (including phenoxy) is 2. The molecule has 31 heavy (non-hydrogen) atoms. The fourth-order valence-corrected chi connectivity index (χ4v) is 3.42. The van der Waals surface area contributed by atoms with Crippen molar-refractivity contribution in [3.63, 3.8) is 0 Å². The van der Waals surface area contributed by atoms with Gasteiger partial charge < -0.3 is 9.47 Å². The summed E-state index contributed by atoms with van der Waals surface area (Å²) in [5.41, 5.74) is 2.10. The summed E-state index contributed by atoms with van der Waals surface area (Å²) in [5, 5.41) is 0.570. The summed E-state index contributed by atoms with van der Waals surface area (Å²) in [5.74, 6) is -0.496. The third-order valence-electron chi connectivity index (χ3n) is 4.39. The molecule has 4 rings (SSSR count). The van der Waals surface area contributed by atoms with Crippen LogP contribution in [-0.4, -0.2) is 17.8 Å². The topological polar surface area (TPSA) is 65.0 Å². The van der Waals surface area contributed by atoms with Gasteiger partial charge in [-0.05, 0) is 54.1 Å². The Bertz CT molecular complexity index is 1200. The van der Waals surface area contributed by atoms with E-state index in [1.54, 1.807) is 42.5 Å². The van der Waals surface area contributed by atoms with Crippen LogP contribution in [0.5, 0.6) is 5.75 Å². The summed E-state index contributed by atoms with van der Waals surface area (Å²) in [6.45, 7) is 0. The van der Waals surface area contributed by atoms with Crippen LogP contribution in [0.2, 0.25) is 5.02 Å². The Morgan fingerprint density at radius 3 is 2.55 bits per heavy atom. The predicted molar refractivity (Wildman–Crippen MR) is 122 cm³/mol. The molecule has 0 aliphatic carbocycles. The van der Waals surface area contributed by atoms with Gasteiger partial charge in [-0.1, -0.05) is 57.9 Å². The average Bonchev–Trinajstić information content (AvgIpc) is 3.11. The van der Waals surface area contributed by atoms with Crippen molar-refractivity contribution >= 4 is 51.4 Å². The van der Waals surface area contributed by atoms with E-state index >= 15 is 0 Å². The largest absolute Gasteiger partial charge is 0.426 e. The quantitative estimate of drug-likeness (QED) is 0.262. The first kappa shape index (κ1) is 21.0. The lowest BCUT2D eigenvalue weighted by Gasteiger charge is -2.08. The van der Waals surface area contributed by atoms with Crippen molar-refractivity contribution in [3.05, 3.63) is 105 Å². The molecule has 0 spiro atoms. The number of halogens is 2. The highest BCUT2D eigenvalue weighted by molar-refractivity contribution is 9.10. The van der Waals surface area contributed by atoms with Crippen LogP contribution in [0.25, 0.3) is 6.08 Å². The van der Waals surface area contributed by atoms with Crippen LogP contribution in [0, 0.1) is 0 Å². The molecule has 154 valence electrons. The molecule has 0 N–H and O–H groups in total. The molecule has 0 saturated heterocycles. The van der Waals surface area contributed by atoms with Gasteiger partial charge in [-0.2, -0.15) is 0 Å². The molecule has 1 heterocycles. The van der Waals surface area contributed by atoms with E-state index in [1.807, 2.05) is 30.3 Å². The van der Waals surface area contributed by atoms with Gasteiger partial charge in [-0.25, -0.2) is 9.79 Å². The number of benzene rings is 3. The van der Waals surface area contributed by atoms with Crippen molar-refractivity contribution in [1.29, 1.82) is 0 Å². The molecule has 0 atom stereocenters. The summed E-state index contributed by atoms with van der Waals surface area (Å²) in [4.78, 5) is 29.0. The fraction of sp³-hybridized carbons (Fsp3) is 0.0417. The zero-order valence-electron chi connectivity index (χ0n) is 16.0. The predicted octanol–water partition coefficient (Wildman–Crippen LogP) is 5.60. The van der Waals surface area contributed by atoms with Crippen LogP contribution in [0.3, 0.4) is 0 Å². The first-order chi connectivity index (χ1) is 15.0. The molecule has 3 aromatic carbocycles. The van der Waals surface area contributed by atoms with E-state index in [1.165, 1.54) is 6.08 Å². The first-order valence-corrected chi connectivity index (χ1v) is 10.5. The van der Waals surface area contributed by atoms with Crippen LogP contribution >= 0.6 is 27.5 Å². The lowest BCUT2D eigenvalue weighted by atomic mass is 10.1. The minimum atomic E-state index is -0.591. The molecule has 0 radical (unpaired) electrons. The van der Waals surface area contributed by atoms with Gasteiger partial charge in [0.15, 0.2) is 5.70 Å². The zero-order valence-corrected chi connectivity index (χ0v) is 18.4. The Kier molecular flexibility index (Phi) is 6.30. The molecule has 0 unspecified atom stereocenters. The maximum absolute atomic E-state index is 12.4. The molecule has 3 aromatic rings. The number of nitrogens with zero attached hydrogens (tertiary/aromatic N) is 1. The molecule has 0 amide bonds. The van der Waals surface area contributed by atoms with Gasteiger partial charge in [0, 0.05) is 20.6 Å². The van der Waals surface area contributed by atoms with Crippen molar-refractivity contribution in [2.75, 3.05) is 0 Å². The normalized spacial score (nSPS) is 14.3. The molecule has 1 aliphatic rings. The average molecular weight is 497 g/mol. The second-order valence-corrected chi connectivity index (χ2v) is 8.01. The van der Waals surface area contributed by atoms with E-state index in [4.69, 9.17) is 21.1 Å². The van der Waals surface area contributed by atoms with Crippen molar-refractivity contribution < 1.29 is 19.1 Å². The lowest BCUT2D eigenvalue weighted by Crippen LogP contribution is -2.12. The van der Waals surface area contributed by atoms with Crippen molar-refractivity contribution in [3.8, 4) is 5.75 Å². The van der Waals surface area contributed by atoms with E-state index in [0.717, 1.165) is 10.0 Å². The standard InChI is InChI=1S/C24H15BrClNO4/c25-18-8-11-21(30-22(28)12-15-4-2-1-3-5-15)17(13-18)14-20-24(29)31-23(27-20)16-6-9-19(26)10-7-16/h1-11,13-14H,12H2/b20-14+. The number of rotatable bonds is 5. The highest BCUT2D eigenvalue weighted by Crippen LogP contribution is 2.28. The zero-order chi connectivity index (χ0) is 21.8. The molecule has 7 heteroatoms. The first-order valence-electron chi connectivity index (χ1n) is 9.30. The monoisotopic (exact) mass is 495 g/mol. The highest BCUT2D eigenvalue weighted by atomic mass is 79.9. The SMILES string of the molecule is O=C(Cc1ccccc1)Oc1ccc(Br)cc1/C=C1/N=C(c2ccc(Cl)cc2)OC1=O. The second kappa shape index (κ2) is 9.29. The lowest BCUT2D eigenvalue weighted by molar-refractivity contribution is -0.133. The minimum Gasteiger partial charge on any atom is -0.426 e. The van der Waals surface area contributed by atoms with Crippen LogP contribution in [0.1, 0.15) is 16.7 Å². The van der Waals surface area contributed by atoms with Gasteiger partial charge in [-0.3, -0.25) is 4.79 Å². The maximum Gasteiger partial charge on any atom is 0.363 e. The fourth-order valence-electron chi connectivity index (χ4n) is 2.92. The Hall–Kier alpha value is -3.22. The van der Waals surface area contributed by atoms with Crippen LogP contribution in [-0.2, 0) is 20.7 Å². The van der Waals surface area contributed by atoms with Crippen LogP contribution in [0.15, 0.2) is 88.0 Å². The molecular formula is C24H15BrClNO4. The summed E-state index contributed by atoms with van der Waals surface area (Å²) < 4.78 is 11.6. The summed E-state index contributed by atoms with van der Waals surface area (Å²) in [6, 6.07) is 21.3. The van der Waals surface area contributed by atoms with Crippen LogP contribution in [0.4, 0.5) is 0 Å². The van der Waals surface area contributed by atoms with Crippen LogP contribution < -0.4 is 4.74 Å². The van der Waals surface area contributed by atoms with Gasteiger partial charge in [-0.15, -0.1) is 0 Å². The van der Waals surface area contributed by atoms with Gasteiger partial charge in [0.1, 0.15) is 5.75 Å². The molecule has 0 aromatic heterocycles. The van der Waals surface area contributed by atoms with E-state index in [0.29, 0.717) is 21.9 Å². The van der Waals surface area contributed by atoms with Gasteiger partial charge >= 0.3 is 11.9 Å². The number of hydrogen-bond acceptors (Lipinski definition) is 5. The Morgan fingerprint density at radius 2 is 1.81 bits per heavy atom. The highest BCUT2D eigenvalue weighted by Gasteiger charge is 2.25. The molecule has 5 nitrogen and oxygen atoms in total. The van der Waals surface area contributed by atoms with Crippen molar-refractivity contribution in [1.82, 2.24) is 0 Å². The van der Waals surface area contributed by atoms with E-state index in [2.05, 4.69) is 20.9 Å². The van der Waals surface area contributed by atoms with Gasteiger partial charge in [0.05, 0.1) is 6.42 Å². The third kappa shape index (κ3) is 5.29. The number of aliphatic imine (C=N–C) groups is 1. The molecular weight excluding hydrogens is 482 g/mol. The van der Waals surface area contributed by atoms with Crippen molar-refractivity contribution in [2.45, 2.75) is 6.42 Å². The second-order valence-electron chi connectivity index (χ2n) is 6.66. The van der Waals surface area contributed by atoms with E-state index in [9.17, 15) is 9.59 Å². The number of carbonyl (C=O) groups is 2. The summed E-state index contributed by atoms with van der Waals surface area (Å²) >= 11 is 9.30. The summed E-state index contributed by atoms with van der Waals surface area (Å²) in [6.07, 6.45) is 1.66. The maximum atomic E-state index is 12.4. The Morgan fingerprint density at radius 1 is 1.06 bits per heavy atom. The minimum absolute atomic E-state index is 0.100. The number of cyclic esters (lactones) is 1. The third-order valence-corrected chi connectivity index (χ3v) is 5.14. The van der Waals surface area contributed by atoms with E-state index < -0.39 is 11.9 Å². The Balaban J connectivity index is 1.59. The van der Waals surface area contributed by atoms with Crippen molar-refractivity contribution in [2.24, 2.45) is 4.99 Å². The summed E-state index contributed by atoms with van der Waals surface area (Å²) in [7, 11) is 0. The molecule has 0 bridgehead atoms. The number of esters is 2. The molecule has 1 aliphatic heterocycles. The molecule has 0 saturated carbocycles. The van der Waals surface area contributed by atoms with Gasteiger partial charge in [0.25, 0.3) is 0 Å². The smallest absolute Gasteiger partial charge is 0.363 e.